The zero-order chi connectivity index (χ0) is 22.1. The average molecular weight is 426 g/mol. The van der Waals surface area contributed by atoms with Gasteiger partial charge in [-0.1, -0.05) is 13.3 Å². The van der Waals surface area contributed by atoms with Crippen molar-refractivity contribution >= 4 is 17.6 Å². The van der Waals surface area contributed by atoms with Crippen LogP contribution in [0.2, 0.25) is 0 Å². The van der Waals surface area contributed by atoms with Gasteiger partial charge in [0, 0.05) is 56.4 Å². The summed E-state index contributed by atoms with van der Waals surface area (Å²) in [6, 6.07) is 9.99. The number of hydrogen-bond acceptors (Lipinski definition) is 6. The molecule has 2 aromatic rings. The summed E-state index contributed by atoms with van der Waals surface area (Å²) in [4.78, 5) is 38.4. The smallest absolute Gasteiger partial charge is 0.304 e. The highest BCUT2D eigenvalue weighted by Gasteiger charge is 2.23. The van der Waals surface area contributed by atoms with Crippen LogP contribution in [0, 0.1) is 0 Å². The lowest BCUT2D eigenvalue weighted by molar-refractivity contribution is -0.138. The molecule has 1 aromatic heterocycles. The first-order valence-electron chi connectivity index (χ1n) is 10.9. The van der Waals surface area contributed by atoms with Crippen LogP contribution in [0.15, 0.2) is 42.7 Å². The lowest BCUT2D eigenvalue weighted by atomic mass is 10.1. The Labute approximate surface area is 183 Å². The van der Waals surface area contributed by atoms with E-state index in [2.05, 4.69) is 33.9 Å². The fourth-order valence-corrected chi connectivity index (χ4v) is 3.68. The van der Waals surface area contributed by atoms with Crippen molar-refractivity contribution < 1.29 is 14.7 Å². The monoisotopic (exact) mass is 425 g/mol. The second-order valence-corrected chi connectivity index (χ2v) is 7.76. The van der Waals surface area contributed by atoms with Gasteiger partial charge in [0.1, 0.15) is 0 Å². The van der Waals surface area contributed by atoms with Gasteiger partial charge >= 0.3 is 5.97 Å². The quantitative estimate of drug-likeness (QED) is 0.625. The van der Waals surface area contributed by atoms with Crippen LogP contribution in [-0.2, 0) is 9.59 Å². The molecule has 1 fully saturated rings. The summed E-state index contributed by atoms with van der Waals surface area (Å²) in [5.74, 6) is -0.0369. The number of aromatic nitrogens is 2. The van der Waals surface area contributed by atoms with Gasteiger partial charge in [0.05, 0.1) is 13.0 Å². The Bertz CT molecular complexity index is 836. The summed E-state index contributed by atoms with van der Waals surface area (Å²) >= 11 is 0. The Hall–Kier alpha value is -3.00. The topological polar surface area (TPSA) is 89.9 Å². The number of carbonyl (C=O) groups is 2. The van der Waals surface area contributed by atoms with E-state index in [1.807, 2.05) is 21.9 Å². The van der Waals surface area contributed by atoms with E-state index in [4.69, 9.17) is 5.11 Å². The maximum atomic E-state index is 12.8. The Morgan fingerprint density at radius 1 is 1.03 bits per heavy atom. The number of aliphatic carboxylic acids is 1. The summed E-state index contributed by atoms with van der Waals surface area (Å²) in [6.45, 7) is 6.44. The standard InChI is InChI=1S/C23H31N5O3/c1-2-3-12-26(13-9-22(30)31)18-21(29)28-16-14-27(15-17-28)20-7-5-19(6-8-20)23-24-10-4-11-25-23/h4-8,10-11H,2-3,9,12-18H2,1H3,(H,30,31). The molecule has 2 heterocycles. The molecule has 0 aliphatic carbocycles. The van der Waals surface area contributed by atoms with E-state index < -0.39 is 5.97 Å². The number of carbonyl (C=O) groups excluding carboxylic acids is 1. The number of hydrogen-bond donors (Lipinski definition) is 1. The number of amides is 1. The lowest BCUT2D eigenvalue weighted by Crippen LogP contribution is -2.51. The summed E-state index contributed by atoms with van der Waals surface area (Å²) in [6.07, 6.45) is 5.51. The van der Waals surface area contributed by atoms with E-state index in [0.29, 0.717) is 32.0 Å². The van der Waals surface area contributed by atoms with Crippen molar-refractivity contribution in [3.8, 4) is 11.4 Å². The molecule has 8 heteroatoms. The van der Waals surface area contributed by atoms with Gasteiger partial charge in [0.2, 0.25) is 5.91 Å². The SMILES string of the molecule is CCCCN(CCC(=O)O)CC(=O)N1CCN(c2ccc(-c3ncccn3)cc2)CC1. The van der Waals surface area contributed by atoms with E-state index in [1.54, 1.807) is 18.5 Å². The molecule has 0 spiro atoms. The molecule has 0 atom stereocenters. The fourth-order valence-electron chi connectivity index (χ4n) is 3.68. The third-order valence-electron chi connectivity index (χ3n) is 5.52. The van der Waals surface area contributed by atoms with Gasteiger partial charge in [-0.2, -0.15) is 0 Å². The highest BCUT2D eigenvalue weighted by atomic mass is 16.4. The molecular weight excluding hydrogens is 394 g/mol. The van der Waals surface area contributed by atoms with Gasteiger partial charge in [-0.05, 0) is 43.3 Å². The summed E-state index contributed by atoms with van der Waals surface area (Å²) < 4.78 is 0. The van der Waals surface area contributed by atoms with Crippen molar-refractivity contribution in [2.75, 3.05) is 50.7 Å². The predicted octanol–water partition coefficient (Wildman–Crippen LogP) is 2.37. The van der Waals surface area contributed by atoms with Gasteiger partial charge < -0.3 is 14.9 Å². The number of carboxylic acids is 1. The molecule has 31 heavy (non-hydrogen) atoms. The second kappa shape index (κ2) is 11.4. The first kappa shape index (κ1) is 22.7. The summed E-state index contributed by atoms with van der Waals surface area (Å²) in [7, 11) is 0. The van der Waals surface area contributed by atoms with Gasteiger partial charge in [0.15, 0.2) is 5.82 Å². The summed E-state index contributed by atoms with van der Waals surface area (Å²) in [5.41, 5.74) is 2.10. The third-order valence-corrected chi connectivity index (χ3v) is 5.52. The van der Waals surface area contributed by atoms with Crippen molar-refractivity contribution in [1.82, 2.24) is 19.8 Å². The van der Waals surface area contributed by atoms with Crippen molar-refractivity contribution in [2.24, 2.45) is 0 Å². The molecule has 0 radical (unpaired) electrons. The van der Waals surface area contributed by atoms with Crippen molar-refractivity contribution in [1.29, 1.82) is 0 Å². The molecule has 1 amide bonds. The number of anilines is 1. The molecule has 1 aliphatic heterocycles. The zero-order valence-corrected chi connectivity index (χ0v) is 18.1. The van der Waals surface area contributed by atoms with Crippen LogP contribution >= 0.6 is 0 Å². The minimum absolute atomic E-state index is 0.0643. The average Bonchev–Trinajstić information content (AvgIpc) is 2.81. The van der Waals surface area contributed by atoms with Gasteiger partial charge in [0.25, 0.3) is 0 Å². The molecule has 0 saturated carbocycles. The molecule has 8 nitrogen and oxygen atoms in total. The number of benzene rings is 1. The molecule has 166 valence electrons. The minimum atomic E-state index is -0.826. The van der Waals surface area contributed by atoms with Crippen LogP contribution in [0.25, 0.3) is 11.4 Å². The molecular formula is C23H31N5O3. The number of nitrogens with zero attached hydrogens (tertiary/aromatic N) is 5. The second-order valence-electron chi connectivity index (χ2n) is 7.76. The van der Waals surface area contributed by atoms with E-state index in [1.165, 1.54) is 0 Å². The molecule has 1 saturated heterocycles. The fraction of sp³-hybridized carbons (Fsp3) is 0.478. The van der Waals surface area contributed by atoms with Gasteiger partial charge in [-0.15, -0.1) is 0 Å². The van der Waals surface area contributed by atoms with Crippen LogP contribution in [-0.4, -0.2) is 82.6 Å². The molecule has 1 N–H and O–H groups in total. The Balaban J connectivity index is 1.51. The first-order valence-corrected chi connectivity index (χ1v) is 10.9. The summed E-state index contributed by atoms with van der Waals surface area (Å²) in [5, 5.41) is 8.96. The maximum Gasteiger partial charge on any atom is 0.304 e. The van der Waals surface area contributed by atoms with E-state index in [0.717, 1.165) is 43.7 Å². The van der Waals surface area contributed by atoms with E-state index in [9.17, 15) is 9.59 Å². The van der Waals surface area contributed by atoms with Crippen LogP contribution in [0.5, 0.6) is 0 Å². The number of piperazine rings is 1. The number of rotatable bonds is 10. The maximum absolute atomic E-state index is 12.8. The van der Waals surface area contributed by atoms with Gasteiger partial charge in [-0.3, -0.25) is 14.5 Å². The predicted molar refractivity (Wildman–Crippen MR) is 120 cm³/mol. The van der Waals surface area contributed by atoms with Crippen LogP contribution in [0.1, 0.15) is 26.2 Å². The van der Waals surface area contributed by atoms with Crippen LogP contribution < -0.4 is 4.90 Å². The number of carboxylic acid groups (broad SMARTS) is 1. The van der Waals surface area contributed by atoms with Crippen molar-refractivity contribution in [2.45, 2.75) is 26.2 Å². The van der Waals surface area contributed by atoms with Crippen molar-refractivity contribution in [3.63, 3.8) is 0 Å². The highest BCUT2D eigenvalue weighted by Crippen LogP contribution is 2.21. The largest absolute Gasteiger partial charge is 0.481 e. The molecule has 0 unspecified atom stereocenters. The Kier molecular flexibility index (Phi) is 8.35. The molecule has 1 aromatic carbocycles. The first-order chi connectivity index (χ1) is 15.1. The van der Waals surface area contributed by atoms with Crippen LogP contribution in [0.4, 0.5) is 5.69 Å². The minimum Gasteiger partial charge on any atom is -0.481 e. The Morgan fingerprint density at radius 2 is 1.71 bits per heavy atom. The lowest BCUT2D eigenvalue weighted by Gasteiger charge is -2.37. The molecule has 0 bridgehead atoms. The van der Waals surface area contributed by atoms with Gasteiger partial charge in [-0.25, -0.2) is 9.97 Å². The molecule has 1 aliphatic rings. The third kappa shape index (κ3) is 6.75. The zero-order valence-electron chi connectivity index (χ0n) is 18.1. The normalized spacial score (nSPS) is 14.1. The Morgan fingerprint density at radius 3 is 2.32 bits per heavy atom. The number of unbranched alkanes of at least 4 members (excludes halogenated alkanes) is 1. The van der Waals surface area contributed by atoms with E-state index >= 15 is 0 Å². The van der Waals surface area contributed by atoms with Crippen molar-refractivity contribution in [3.05, 3.63) is 42.7 Å². The van der Waals surface area contributed by atoms with E-state index in [-0.39, 0.29) is 12.3 Å². The molecule has 3 rings (SSSR count). The highest BCUT2D eigenvalue weighted by molar-refractivity contribution is 5.78. The van der Waals surface area contributed by atoms with Crippen LogP contribution in [0.3, 0.4) is 0 Å².